The number of carbonyl (C=O) groups excluding carboxylic acids is 2. The molecule has 266 valence electrons. The quantitative estimate of drug-likeness (QED) is 0.191. The molecule has 50 heavy (non-hydrogen) atoms. The Morgan fingerprint density at radius 2 is 1.84 bits per heavy atom. The fourth-order valence-corrected chi connectivity index (χ4v) is 6.33. The Balaban J connectivity index is 1.13. The van der Waals surface area contributed by atoms with E-state index in [4.69, 9.17) is 18.9 Å². The predicted molar refractivity (Wildman–Crippen MR) is 190 cm³/mol. The number of amidine groups is 1. The van der Waals surface area contributed by atoms with Gasteiger partial charge in [0.05, 0.1) is 30.9 Å². The Hall–Kier alpha value is -4.87. The van der Waals surface area contributed by atoms with E-state index in [1.165, 1.54) is 6.07 Å². The number of rotatable bonds is 8. The molecular formula is C38H47FN6O5. The molecule has 0 aliphatic carbocycles. The van der Waals surface area contributed by atoms with Crippen molar-refractivity contribution in [2.75, 3.05) is 19.6 Å². The number of likely N-dealkylation sites (tertiary alicyclic amines) is 1. The number of nitrogens with one attached hydrogen (secondary N) is 2. The highest BCUT2D eigenvalue weighted by Crippen LogP contribution is 2.33. The van der Waals surface area contributed by atoms with E-state index in [-0.39, 0.29) is 24.7 Å². The molecular weight excluding hydrogens is 639 g/mol. The summed E-state index contributed by atoms with van der Waals surface area (Å²) in [7, 11) is 0. The van der Waals surface area contributed by atoms with Crippen LogP contribution in [0.1, 0.15) is 85.2 Å². The van der Waals surface area contributed by atoms with Gasteiger partial charge < -0.3 is 29.1 Å². The van der Waals surface area contributed by atoms with Gasteiger partial charge in [-0.1, -0.05) is 19.1 Å². The lowest BCUT2D eigenvalue weighted by Crippen LogP contribution is -2.46. The molecule has 2 aromatic carbocycles. The molecule has 1 fully saturated rings. The molecule has 2 N–H and O–H groups in total. The maximum Gasteiger partial charge on any atom is 0.410 e. The normalized spacial score (nSPS) is 17.9. The highest BCUT2D eigenvalue weighted by molar-refractivity contribution is 5.92. The molecule has 2 amide bonds. The van der Waals surface area contributed by atoms with Crippen LogP contribution < -0.4 is 5.32 Å². The van der Waals surface area contributed by atoms with Gasteiger partial charge >= 0.3 is 12.2 Å². The standard InChI is InChI=1S/C38H47FN6O5/c1-8-15-44(35(46)49-37(2,3)4)22-33-40-21-29(42-33)26-13-11-24(18-27(26)39)32-19-25-17-23(12-14-31(25)48-32)28-20-41-34(43-28)30-10-9-16-45(30)36(47)50-38(5,6)7/h11-14,17-19,21,28,30H,8-10,15-16,20,22H2,1-7H3,(H,40,42)(H,41,43)/t28?,30-/m0/s1. The molecule has 11 nitrogen and oxygen atoms in total. The molecule has 2 aromatic heterocycles. The fraction of sp³-hybridized carbons (Fsp3) is 0.474. The second-order valence-electron chi connectivity index (χ2n) is 15.0. The highest BCUT2D eigenvalue weighted by atomic mass is 19.1. The van der Waals surface area contributed by atoms with E-state index in [1.807, 2.05) is 72.7 Å². The van der Waals surface area contributed by atoms with Crippen molar-refractivity contribution in [1.29, 1.82) is 0 Å². The largest absolute Gasteiger partial charge is 0.456 e. The second-order valence-corrected chi connectivity index (χ2v) is 15.0. The molecule has 2 aliphatic rings. The van der Waals surface area contributed by atoms with Gasteiger partial charge in [0.2, 0.25) is 0 Å². The van der Waals surface area contributed by atoms with Crippen LogP contribution in [0.2, 0.25) is 0 Å². The van der Waals surface area contributed by atoms with Crippen LogP contribution in [0.4, 0.5) is 14.0 Å². The van der Waals surface area contributed by atoms with Gasteiger partial charge in [0.15, 0.2) is 0 Å². The average molecular weight is 687 g/mol. The SMILES string of the molecule is CCCN(Cc1nc(-c2ccc(-c3cc4cc(C5CN=C([C@@H]6CCCN6C(=O)OC(C)(C)C)N5)ccc4o3)cc2F)c[nH]1)C(=O)OC(C)(C)C. The number of aliphatic imine (C=N–C) groups is 1. The van der Waals surface area contributed by atoms with E-state index in [9.17, 15) is 9.59 Å². The number of benzene rings is 2. The van der Waals surface area contributed by atoms with Crippen LogP contribution in [0.5, 0.6) is 0 Å². The first kappa shape index (κ1) is 35.0. The van der Waals surface area contributed by atoms with Crippen molar-refractivity contribution in [3.8, 4) is 22.6 Å². The van der Waals surface area contributed by atoms with Crippen LogP contribution in [0.3, 0.4) is 0 Å². The number of aromatic nitrogens is 2. The summed E-state index contributed by atoms with van der Waals surface area (Å²) in [5.41, 5.74) is 1.95. The summed E-state index contributed by atoms with van der Waals surface area (Å²) in [5.74, 6) is 1.46. The fourth-order valence-electron chi connectivity index (χ4n) is 6.33. The van der Waals surface area contributed by atoms with E-state index in [2.05, 4.69) is 21.4 Å². The summed E-state index contributed by atoms with van der Waals surface area (Å²) in [6.07, 6.45) is 3.41. The van der Waals surface area contributed by atoms with Crippen LogP contribution in [0.25, 0.3) is 33.6 Å². The number of hydrogen-bond donors (Lipinski definition) is 2. The molecule has 12 heteroatoms. The molecule has 0 radical (unpaired) electrons. The van der Waals surface area contributed by atoms with Gasteiger partial charge in [0, 0.05) is 35.8 Å². The van der Waals surface area contributed by atoms with E-state index in [0.29, 0.717) is 53.6 Å². The van der Waals surface area contributed by atoms with Crippen molar-refractivity contribution in [2.45, 2.75) is 97.6 Å². The number of halogens is 1. The first-order valence-corrected chi connectivity index (χ1v) is 17.3. The summed E-state index contributed by atoms with van der Waals surface area (Å²) in [4.78, 5) is 41.3. The minimum atomic E-state index is -0.611. The van der Waals surface area contributed by atoms with Crippen LogP contribution in [-0.2, 0) is 16.0 Å². The molecule has 2 atom stereocenters. The van der Waals surface area contributed by atoms with Gasteiger partial charge in [-0.25, -0.2) is 19.0 Å². The molecule has 1 saturated heterocycles. The molecule has 2 aliphatic heterocycles. The molecule has 1 unspecified atom stereocenters. The van der Waals surface area contributed by atoms with Gasteiger partial charge in [-0.3, -0.25) is 9.89 Å². The van der Waals surface area contributed by atoms with E-state index >= 15 is 4.39 Å². The summed E-state index contributed by atoms with van der Waals surface area (Å²) in [6, 6.07) is 12.7. The first-order valence-electron chi connectivity index (χ1n) is 17.3. The monoisotopic (exact) mass is 686 g/mol. The Kier molecular flexibility index (Phi) is 9.65. The summed E-state index contributed by atoms with van der Waals surface area (Å²) >= 11 is 0. The topological polar surface area (TPSA) is 125 Å². The average Bonchev–Trinajstić information content (AvgIpc) is 3.84. The third-order valence-corrected chi connectivity index (χ3v) is 8.55. The lowest BCUT2D eigenvalue weighted by molar-refractivity contribution is 0.0226. The molecule has 6 rings (SSSR count). The zero-order chi connectivity index (χ0) is 35.8. The number of amides is 2. The summed E-state index contributed by atoms with van der Waals surface area (Å²) < 4.78 is 32.9. The third-order valence-electron chi connectivity index (χ3n) is 8.55. The predicted octanol–water partition coefficient (Wildman–Crippen LogP) is 8.22. The Bertz CT molecular complexity index is 1900. The number of hydrogen-bond acceptors (Lipinski definition) is 8. The maximum absolute atomic E-state index is 15.5. The number of furan rings is 1. The van der Waals surface area contributed by atoms with E-state index in [1.54, 1.807) is 22.1 Å². The zero-order valence-electron chi connectivity index (χ0n) is 29.9. The molecule has 4 aromatic rings. The molecule has 4 heterocycles. The van der Waals surface area contributed by atoms with Crippen molar-refractivity contribution in [2.24, 2.45) is 4.99 Å². The van der Waals surface area contributed by atoms with Gasteiger partial charge in [-0.2, -0.15) is 0 Å². The Morgan fingerprint density at radius 3 is 2.56 bits per heavy atom. The number of H-pyrrole nitrogens is 1. The summed E-state index contributed by atoms with van der Waals surface area (Å²) in [5, 5.41) is 4.44. The number of carbonyl (C=O) groups is 2. The highest BCUT2D eigenvalue weighted by Gasteiger charge is 2.37. The zero-order valence-corrected chi connectivity index (χ0v) is 29.9. The van der Waals surface area contributed by atoms with Gasteiger partial charge in [0.25, 0.3) is 0 Å². The van der Waals surface area contributed by atoms with Crippen LogP contribution in [0, 0.1) is 5.82 Å². The Morgan fingerprint density at radius 1 is 1.06 bits per heavy atom. The smallest absolute Gasteiger partial charge is 0.410 e. The van der Waals surface area contributed by atoms with Crippen molar-refractivity contribution in [3.05, 3.63) is 65.9 Å². The van der Waals surface area contributed by atoms with Crippen molar-refractivity contribution in [1.82, 2.24) is 25.1 Å². The van der Waals surface area contributed by atoms with E-state index in [0.717, 1.165) is 36.0 Å². The van der Waals surface area contributed by atoms with Gasteiger partial charge in [-0.05, 0) is 96.7 Å². The lowest BCUT2D eigenvalue weighted by atomic mass is 10.0. The molecule has 0 saturated carbocycles. The lowest BCUT2D eigenvalue weighted by Gasteiger charge is -2.29. The number of ether oxygens (including phenoxy) is 2. The third kappa shape index (κ3) is 7.95. The van der Waals surface area contributed by atoms with Gasteiger partial charge in [-0.15, -0.1) is 0 Å². The van der Waals surface area contributed by atoms with Crippen LogP contribution in [0.15, 0.2) is 58.1 Å². The molecule has 0 bridgehead atoms. The first-order chi connectivity index (χ1) is 23.7. The van der Waals surface area contributed by atoms with Crippen molar-refractivity contribution in [3.63, 3.8) is 0 Å². The second kappa shape index (κ2) is 13.8. The minimum absolute atomic E-state index is 0.0394. The van der Waals surface area contributed by atoms with Crippen molar-refractivity contribution < 1.29 is 27.9 Å². The van der Waals surface area contributed by atoms with Crippen molar-refractivity contribution >= 4 is 29.0 Å². The number of nitrogens with zero attached hydrogens (tertiary/aromatic N) is 4. The number of aromatic amines is 1. The number of imidazole rings is 1. The van der Waals surface area contributed by atoms with Crippen LogP contribution >= 0.6 is 0 Å². The maximum atomic E-state index is 15.5. The molecule has 0 spiro atoms. The van der Waals surface area contributed by atoms with Gasteiger partial charge in [0.1, 0.15) is 40.0 Å². The summed E-state index contributed by atoms with van der Waals surface area (Å²) in [6.45, 7) is 15.0. The van der Waals surface area contributed by atoms with Crippen LogP contribution in [-0.4, -0.2) is 74.7 Å². The Labute approximate surface area is 292 Å². The minimum Gasteiger partial charge on any atom is -0.456 e. The van der Waals surface area contributed by atoms with E-state index < -0.39 is 23.1 Å². The number of fused-ring (bicyclic) bond motifs is 1.